The molecule has 3 aromatic heterocycles. The van der Waals surface area contributed by atoms with Gasteiger partial charge in [0, 0.05) is 0 Å². The van der Waals surface area contributed by atoms with Gasteiger partial charge in [-0.15, -0.1) is 11.3 Å². The van der Waals surface area contributed by atoms with Crippen LogP contribution in [-0.4, -0.2) is 14.8 Å². The molecule has 4 aromatic rings. The van der Waals surface area contributed by atoms with Crippen LogP contribution >= 0.6 is 22.9 Å². The van der Waals surface area contributed by atoms with Crippen LogP contribution in [0.15, 0.2) is 42.5 Å². The van der Waals surface area contributed by atoms with Gasteiger partial charge >= 0.3 is 12.4 Å². The molecule has 0 spiro atoms. The number of benzene rings is 1. The van der Waals surface area contributed by atoms with Crippen molar-refractivity contribution in [3.63, 3.8) is 0 Å². The van der Waals surface area contributed by atoms with E-state index in [0.717, 1.165) is 34.2 Å². The second-order valence-electron chi connectivity index (χ2n) is 6.37. The van der Waals surface area contributed by atoms with E-state index in [1.54, 1.807) is 0 Å². The van der Waals surface area contributed by atoms with E-state index in [1.807, 2.05) is 0 Å². The number of aryl methyl sites for hydroxylation is 1. The van der Waals surface area contributed by atoms with Crippen molar-refractivity contribution < 1.29 is 26.3 Å². The van der Waals surface area contributed by atoms with Gasteiger partial charge in [-0.2, -0.15) is 31.4 Å². The fraction of sp³-hybridized carbons (Fsp3) is 0.158. The van der Waals surface area contributed by atoms with Gasteiger partial charge in [-0.25, -0.2) is 9.67 Å². The number of para-hydroxylation sites is 1. The van der Waals surface area contributed by atoms with Gasteiger partial charge in [0.1, 0.15) is 0 Å². The van der Waals surface area contributed by atoms with Gasteiger partial charge in [0.05, 0.1) is 42.8 Å². The molecule has 0 radical (unpaired) electrons. The first-order chi connectivity index (χ1) is 14.0. The third-order valence-electron chi connectivity index (χ3n) is 4.38. The Balaban J connectivity index is 2.09. The Hall–Kier alpha value is -2.59. The molecular formula is C19H10ClF6N3S. The molecule has 0 fully saturated rings. The number of pyridine rings is 1. The van der Waals surface area contributed by atoms with Gasteiger partial charge < -0.3 is 0 Å². The SMILES string of the molecule is Cc1nn(-c2ccccc2C(F)(F)F)c2nc(-c3ccc(Cl)s3)cc(C(F)(F)F)c12. The van der Waals surface area contributed by atoms with E-state index in [-0.39, 0.29) is 22.4 Å². The molecule has 0 atom stereocenters. The lowest BCUT2D eigenvalue weighted by molar-refractivity contribution is -0.138. The van der Waals surface area contributed by atoms with Crippen LogP contribution in [0.4, 0.5) is 26.3 Å². The van der Waals surface area contributed by atoms with Crippen molar-refractivity contribution >= 4 is 34.0 Å². The summed E-state index contributed by atoms with van der Waals surface area (Å²) in [6, 6.07) is 8.38. The summed E-state index contributed by atoms with van der Waals surface area (Å²) in [5, 5.41) is 3.62. The number of nitrogens with zero attached hydrogens (tertiary/aromatic N) is 3. The Morgan fingerprint density at radius 2 is 1.60 bits per heavy atom. The molecule has 3 heterocycles. The summed E-state index contributed by atoms with van der Waals surface area (Å²) in [5.74, 6) is 0. The first kappa shape index (κ1) is 20.7. The van der Waals surface area contributed by atoms with E-state index >= 15 is 0 Å². The monoisotopic (exact) mass is 461 g/mol. The minimum absolute atomic E-state index is 0.0580. The Morgan fingerprint density at radius 1 is 0.933 bits per heavy atom. The van der Waals surface area contributed by atoms with Crippen molar-refractivity contribution in [3.05, 3.63) is 63.6 Å². The smallest absolute Gasteiger partial charge is 0.227 e. The first-order valence-electron chi connectivity index (χ1n) is 8.36. The topological polar surface area (TPSA) is 30.7 Å². The minimum Gasteiger partial charge on any atom is -0.227 e. The number of hydrogen-bond acceptors (Lipinski definition) is 3. The van der Waals surface area contributed by atoms with E-state index in [1.165, 1.54) is 31.2 Å². The molecule has 0 N–H and O–H groups in total. The van der Waals surface area contributed by atoms with E-state index in [0.29, 0.717) is 9.21 Å². The molecule has 1 aromatic carbocycles. The highest BCUT2D eigenvalue weighted by Gasteiger charge is 2.38. The molecule has 0 bridgehead atoms. The lowest BCUT2D eigenvalue weighted by Crippen LogP contribution is -2.12. The van der Waals surface area contributed by atoms with Crippen LogP contribution in [0.5, 0.6) is 0 Å². The molecule has 156 valence electrons. The van der Waals surface area contributed by atoms with Crippen molar-refractivity contribution in [1.82, 2.24) is 14.8 Å². The highest BCUT2D eigenvalue weighted by molar-refractivity contribution is 7.19. The van der Waals surface area contributed by atoms with E-state index in [9.17, 15) is 26.3 Å². The summed E-state index contributed by atoms with van der Waals surface area (Å²) < 4.78 is 83.1. The Kier molecular flexibility index (Phi) is 4.81. The first-order valence-corrected chi connectivity index (χ1v) is 9.56. The van der Waals surface area contributed by atoms with Crippen LogP contribution in [0, 0.1) is 6.92 Å². The molecule has 0 unspecified atom stereocenters. The van der Waals surface area contributed by atoms with Gasteiger partial charge in [-0.05, 0) is 37.3 Å². The fourth-order valence-electron chi connectivity index (χ4n) is 3.16. The standard InChI is InChI=1S/C19H10ClF6N3S/c1-9-16-11(19(24,25)26)8-12(14-6-7-15(20)30-14)27-17(16)29(28-9)13-5-3-2-4-10(13)18(21,22)23/h2-8H,1H3. The molecule has 11 heteroatoms. The normalized spacial score (nSPS) is 12.7. The van der Waals surface area contributed by atoms with Gasteiger partial charge in [0.25, 0.3) is 0 Å². The summed E-state index contributed by atoms with van der Waals surface area (Å²) in [6.45, 7) is 1.30. The molecule has 0 aliphatic carbocycles. The predicted octanol–water partition coefficient (Wildman–Crippen LogP) is 7.15. The van der Waals surface area contributed by atoms with Gasteiger partial charge in [0.15, 0.2) is 5.65 Å². The maximum atomic E-state index is 13.8. The van der Waals surface area contributed by atoms with E-state index < -0.39 is 29.2 Å². The number of fused-ring (bicyclic) bond motifs is 1. The summed E-state index contributed by atoms with van der Waals surface area (Å²) in [7, 11) is 0. The second kappa shape index (κ2) is 6.98. The zero-order valence-electron chi connectivity index (χ0n) is 14.9. The number of aromatic nitrogens is 3. The molecule has 30 heavy (non-hydrogen) atoms. The highest BCUT2D eigenvalue weighted by atomic mass is 35.5. The average molecular weight is 462 g/mol. The third-order valence-corrected chi connectivity index (χ3v) is 5.64. The van der Waals surface area contributed by atoms with Crippen molar-refractivity contribution in [1.29, 1.82) is 0 Å². The minimum atomic E-state index is -4.76. The predicted molar refractivity (Wildman–Crippen MR) is 102 cm³/mol. The van der Waals surface area contributed by atoms with Gasteiger partial charge in [-0.1, -0.05) is 23.7 Å². The maximum Gasteiger partial charge on any atom is 0.418 e. The molecule has 0 saturated heterocycles. The number of alkyl halides is 6. The molecule has 0 aliphatic rings. The van der Waals surface area contributed by atoms with Crippen molar-refractivity contribution in [2.45, 2.75) is 19.3 Å². The van der Waals surface area contributed by atoms with E-state index in [2.05, 4.69) is 10.1 Å². The van der Waals surface area contributed by atoms with Crippen molar-refractivity contribution in [3.8, 4) is 16.3 Å². The molecule has 3 nitrogen and oxygen atoms in total. The summed E-state index contributed by atoms with van der Waals surface area (Å²) in [6.07, 6.45) is -9.49. The van der Waals surface area contributed by atoms with Crippen LogP contribution in [0.1, 0.15) is 16.8 Å². The summed E-state index contributed by atoms with van der Waals surface area (Å²) in [4.78, 5) is 4.59. The quantitative estimate of drug-likeness (QED) is 0.297. The molecule has 0 aliphatic heterocycles. The van der Waals surface area contributed by atoms with Gasteiger partial charge in [0.2, 0.25) is 0 Å². The number of hydrogen-bond donors (Lipinski definition) is 0. The van der Waals surface area contributed by atoms with E-state index in [4.69, 9.17) is 11.6 Å². The second-order valence-corrected chi connectivity index (χ2v) is 8.08. The lowest BCUT2D eigenvalue weighted by Gasteiger charge is -2.14. The molecule has 0 amide bonds. The van der Waals surface area contributed by atoms with Crippen LogP contribution in [0.3, 0.4) is 0 Å². The third kappa shape index (κ3) is 3.54. The molecule has 4 rings (SSSR count). The number of thiophene rings is 1. The zero-order chi connectivity index (χ0) is 21.8. The van der Waals surface area contributed by atoms with Crippen molar-refractivity contribution in [2.75, 3.05) is 0 Å². The van der Waals surface area contributed by atoms with Crippen LogP contribution in [0.2, 0.25) is 4.34 Å². The number of rotatable bonds is 2. The van der Waals surface area contributed by atoms with Crippen LogP contribution < -0.4 is 0 Å². The summed E-state index contributed by atoms with van der Waals surface area (Å²) in [5.41, 5.74) is -2.94. The average Bonchev–Trinajstić information content (AvgIpc) is 3.23. The summed E-state index contributed by atoms with van der Waals surface area (Å²) >= 11 is 6.90. The molecule has 0 saturated carbocycles. The number of halogens is 7. The van der Waals surface area contributed by atoms with Crippen LogP contribution in [0.25, 0.3) is 27.3 Å². The largest absolute Gasteiger partial charge is 0.418 e. The zero-order valence-corrected chi connectivity index (χ0v) is 16.5. The van der Waals surface area contributed by atoms with Gasteiger partial charge in [-0.3, -0.25) is 0 Å². The molecular weight excluding hydrogens is 452 g/mol. The fourth-order valence-corrected chi connectivity index (χ4v) is 4.16. The van der Waals surface area contributed by atoms with Crippen molar-refractivity contribution in [2.24, 2.45) is 0 Å². The Morgan fingerprint density at radius 3 is 2.20 bits per heavy atom. The maximum absolute atomic E-state index is 13.8. The highest BCUT2D eigenvalue weighted by Crippen LogP contribution is 2.41. The Bertz CT molecular complexity index is 1260. The van der Waals surface area contributed by atoms with Crippen LogP contribution in [-0.2, 0) is 12.4 Å². The Labute approximate surface area is 174 Å². The lowest BCUT2D eigenvalue weighted by atomic mass is 10.1.